The number of carbonyl (C=O) groups is 1. The number of anilines is 1. The van der Waals surface area contributed by atoms with Crippen molar-refractivity contribution in [3.8, 4) is 0 Å². The first-order valence-corrected chi connectivity index (χ1v) is 7.20. The fourth-order valence-corrected chi connectivity index (χ4v) is 3.85. The fraction of sp³-hybridized carbons (Fsp3) is 0.417. The van der Waals surface area contributed by atoms with Gasteiger partial charge in [0, 0.05) is 6.04 Å². The number of rotatable bonds is 3. The Balaban J connectivity index is 2.49. The minimum Gasteiger partial charge on any atom is -0.480 e. The summed E-state index contributed by atoms with van der Waals surface area (Å²) in [5.41, 5.74) is 1.53. The number of nitrogens with zero attached hydrogens (tertiary/aromatic N) is 1. The van der Waals surface area contributed by atoms with Crippen molar-refractivity contribution in [2.75, 3.05) is 4.31 Å². The molecule has 2 rings (SSSR count). The number of carboxylic acids is 1. The van der Waals surface area contributed by atoms with Crippen LogP contribution in [0.2, 0.25) is 0 Å². The molecule has 5 nitrogen and oxygen atoms in total. The molecule has 1 heterocycles. The molecule has 0 fully saturated rings. The third-order valence-electron chi connectivity index (χ3n) is 3.21. The van der Waals surface area contributed by atoms with Gasteiger partial charge in [-0.25, -0.2) is 8.42 Å². The zero-order valence-electron chi connectivity index (χ0n) is 10.2. The standard InChI is InChI=1S/C12H15NO4S/c1-8-7-10-5-3-4-6-11(10)13(8)18(16,17)9(2)12(14)15/h3-6,8-9H,7H2,1-2H3,(H,14,15). The van der Waals surface area contributed by atoms with Crippen LogP contribution in [0.15, 0.2) is 24.3 Å². The minimum absolute atomic E-state index is 0.241. The number of carboxylic acid groups (broad SMARTS) is 1. The number of sulfonamides is 1. The molecule has 6 heteroatoms. The van der Waals surface area contributed by atoms with E-state index >= 15 is 0 Å². The predicted molar refractivity (Wildman–Crippen MR) is 68.1 cm³/mol. The SMILES string of the molecule is CC1Cc2ccccc2N1S(=O)(=O)C(C)C(=O)O. The lowest BCUT2D eigenvalue weighted by molar-refractivity contribution is -0.136. The van der Waals surface area contributed by atoms with Crippen LogP contribution in [0.4, 0.5) is 5.69 Å². The van der Waals surface area contributed by atoms with Crippen LogP contribution in [0.5, 0.6) is 0 Å². The second-order valence-electron chi connectivity index (χ2n) is 4.50. The molecule has 2 unspecified atom stereocenters. The maximum absolute atomic E-state index is 12.3. The van der Waals surface area contributed by atoms with Gasteiger partial charge in [0.05, 0.1) is 5.69 Å². The van der Waals surface area contributed by atoms with E-state index < -0.39 is 21.2 Å². The molecule has 18 heavy (non-hydrogen) atoms. The number of para-hydroxylation sites is 1. The van der Waals surface area contributed by atoms with Crippen LogP contribution in [-0.2, 0) is 21.2 Å². The highest BCUT2D eigenvalue weighted by Gasteiger charge is 2.40. The van der Waals surface area contributed by atoms with E-state index in [4.69, 9.17) is 5.11 Å². The Morgan fingerprint density at radius 1 is 1.44 bits per heavy atom. The van der Waals surface area contributed by atoms with Crippen LogP contribution in [0, 0.1) is 0 Å². The van der Waals surface area contributed by atoms with Gasteiger partial charge in [-0.1, -0.05) is 18.2 Å². The summed E-state index contributed by atoms with van der Waals surface area (Å²) in [6, 6.07) is 6.94. The van der Waals surface area contributed by atoms with Crippen LogP contribution in [0.1, 0.15) is 19.4 Å². The smallest absolute Gasteiger partial charge is 0.323 e. The molecule has 1 aromatic rings. The lowest BCUT2D eigenvalue weighted by atomic mass is 10.1. The molecule has 0 saturated carbocycles. The van der Waals surface area contributed by atoms with Gasteiger partial charge in [0.1, 0.15) is 0 Å². The summed E-state index contributed by atoms with van der Waals surface area (Å²) in [7, 11) is -3.87. The molecule has 1 aliphatic rings. The van der Waals surface area contributed by atoms with Crippen LogP contribution >= 0.6 is 0 Å². The Morgan fingerprint density at radius 3 is 2.67 bits per heavy atom. The molecule has 1 N–H and O–H groups in total. The predicted octanol–water partition coefficient (Wildman–Crippen LogP) is 1.24. The van der Waals surface area contributed by atoms with Crippen molar-refractivity contribution in [2.24, 2.45) is 0 Å². The maximum Gasteiger partial charge on any atom is 0.323 e. The van der Waals surface area contributed by atoms with E-state index in [0.717, 1.165) is 5.56 Å². The zero-order chi connectivity index (χ0) is 13.5. The molecule has 0 aromatic heterocycles. The Morgan fingerprint density at radius 2 is 2.06 bits per heavy atom. The Bertz CT molecular complexity index is 581. The third-order valence-corrected chi connectivity index (χ3v) is 5.41. The molecule has 0 spiro atoms. The van der Waals surface area contributed by atoms with Gasteiger partial charge in [-0.2, -0.15) is 0 Å². The Kier molecular flexibility index (Phi) is 3.06. The minimum atomic E-state index is -3.87. The van der Waals surface area contributed by atoms with E-state index in [1.165, 1.54) is 11.2 Å². The molecule has 98 valence electrons. The first-order valence-electron chi connectivity index (χ1n) is 5.69. The number of aliphatic carboxylic acids is 1. The highest BCUT2D eigenvalue weighted by atomic mass is 32.2. The molecule has 0 bridgehead atoms. The fourth-order valence-electron chi connectivity index (χ4n) is 2.22. The summed E-state index contributed by atoms with van der Waals surface area (Å²) in [5, 5.41) is 7.47. The zero-order valence-corrected chi connectivity index (χ0v) is 11.0. The van der Waals surface area contributed by atoms with Gasteiger partial charge in [-0.15, -0.1) is 0 Å². The molecular formula is C12H15NO4S. The molecule has 0 radical (unpaired) electrons. The van der Waals surface area contributed by atoms with Crippen LogP contribution in [-0.4, -0.2) is 30.8 Å². The summed E-state index contributed by atoms with van der Waals surface area (Å²) in [6.07, 6.45) is 0.613. The van der Waals surface area contributed by atoms with Gasteiger partial charge in [0.25, 0.3) is 0 Å². The monoisotopic (exact) mass is 269 g/mol. The normalized spacial score (nSPS) is 20.6. The third kappa shape index (κ3) is 1.86. The first kappa shape index (κ1) is 12.9. The van der Waals surface area contributed by atoms with Crippen molar-refractivity contribution in [3.05, 3.63) is 29.8 Å². The summed E-state index contributed by atoms with van der Waals surface area (Å²) < 4.78 is 25.8. The van der Waals surface area contributed by atoms with Gasteiger partial charge < -0.3 is 5.11 Å². The van der Waals surface area contributed by atoms with E-state index in [2.05, 4.69) is 0 Å². The molecule has 1 aromatic carbocycles. The second kappa shape index (κ2) is 4.28. The lowest BCUT2D eigenvalue weighted by Crippen LogP contribution is -2.44. The molecule has 0 saturated heterocycles. The van der Waals surface area contributed by atoms with Crippen LogP contribution in [0.25, 0.3) is 0 Å². The van der Waals surface area contributed by atoms with Gasteiger partial charge >= 0.3 is 5.97 Å². The topological polar surface area (TPSA) is 74.7 Å². The summed E-state index contributed by atoms with van der Waals surface area (Å²) in [4.78, 5) is 10.9. The first-order chi connectivity index (χ1) is 8.35. The van der Waals surface area contributed by atoms with Gasteiger partial charge in [-0.05, 0) is 31.9 Å². The summed E-state index contributed by atoms with van der Waals surface area (Å²) in [6.45, 7) is 2.98. The van der Waals surface area contributed by atoms with Gasteiger partial charge in [0.15, 0.2) is 5.25 Å². The van der Waals surface area contributed by atoms with E-state index in [-0.39, 0.29) is 6.04 Å². The average Bonchev–Trinajstić information content (AvgIpc) is 2.64. The average molecular weight is 269 g/mol. The lowest BCUT2D eigenvalue weighted by Gasteiger charge is -2.26. The molecule has 0 aliphatic carbocycles. The molecule has 1 aliphatic heterocycles. The van der Waals surface area contributed by atoms with Crippen LogP contribution in [0.3, 0.4) is 0 Å². The van der Waals surface area contributed by atoms with Crippen molar-refractivity contribution in [3.63, 3.8) is 0 Å². The van der Waals surface area contributed by atoms with E-state index in [1.807, 2.05) is 12.1 Å². The van der Waals surface area contributed by atoms with Crippen molar-refractivity contribution < 1.29 is 18.3 Å². The second-order valence-corrected chi connectivity index (χ2v) is 6.63. The van der Waals surface area contributed by atoms with E-state index in [1.54, 1.807) is 19.1 Å². The van der Waals surface area contributed by atoms with Crippen molar-refractivity contribution in [1.29, 1.82) is 0 Å². The quantitative estimate of drug-likeness (QED) is 0.896. The number of hydrogen-bond donors (Lipinski definition) is 1. The Labute approximate surface area is 106 Å². The van der Waals surface area contributed by atoms with Crippen molar-refractivity contribution in [2.45, 2.75) is 31.6 Å². The van der Waals surface area contributed by atoms with Crippen molar-refractivity contribution in [1.82, 2.24) is 0 Å². The number of benzene rings is 1. The van der Waals surface area contributed by atoms with Crippen LogP contribution < -0.4 is 4.31 Å². The molecule has 2 atom stereocenters. The van der Waals surface area contributed by atoms with Gasteiger partial charge in [-0.3, -0.25) is 9.10 Å². The highest BCUT2D eigenvalue weighted by Crippen LogP contribution is 2.35. The molecular weight excluding hydrogens is 254 g/mol. The maximum atomic E-state index is 12.3. The van der Waals surface area contributed by atoms with Gasteiger partial charge in [0.2, 0.25) is 10.0 Å². The highest BCUT2D eigenvalue weighted by molar-refractivity contribution is 7.94. The van der Waals surface area contributed by atoms with E-state index in [9.17, 15) is 13.2 Å². The largest absolute Gasteiger partial charge is 0.480 e. The summed E-state index contributed by atoms with van der Waals surface area (Å²) >= 11 is 0. The Hall–Kier alpha value is -1.56. The van der Waals surface area contributed by atoms with Crippen molar-refractivity contribution >= 4 is 21.7 Å². The van der Waals surface area contributed by atoms with E-state index in [0.29, 0.717) is 12.1 Å². The molecule has 0 amide bonds. The summed E-state index contributed by atoms with van der Waals surface area (Å²) in [5.74, 6) is -1.33. The number of hydrogen-bond acceptors (Lipinski definition) is 3. The number of fused-ring (bicyclic) bond motifs is 1.